The summed E-state index contributed by atoms with van der Waals surface area (Å²) in [6, 6.07) is 1.77. The monoisotopic (exact) mass is 618 g/mol. The third-order valence-corrected chi connectivity index (χ3v) is 7.18. The maximum Gasteiger partial charge on any atom is 0.352 e. The van der Waals surface area contributed by atoms with E-state index in [1.165, 1.54) is 33.1 Å². The fourth-order valence-corrected chi connectivity index (χ4v) is 4.51. The van der Waals surface area contributed by atoms with Crippen LogP contribution >= 0.6 is 23.2 Å². The number of methoxy groups -OCH3 is 1. The van der Waals surface area contributed by atoms with Gasteiger partial charge in [0.2, 0.25) is 0 Å². The van der Waals surface area contributed by atoms with Crippen LogP contribution in [-0.4, -0.2) is 58.8 Å². The number of nitrogens with two attached hydrogens (primary N) is 1. The molecule has 1 fully saturated rings. The maximum atomic E-state index is 15.6. The number of alkyl halides is 1. The fraction of sp³-hybridized carbons (Fsp3) is 0.538. The molecule has 1 saturated heterocycles. The summed E-state index contributed by atoms with van der Waals surface area (Å²) in [5.41, 5.74) is 6.20. The molecule has 15 heteroatoms. The van der Waals surface area contributed by atoms with Crippen LogP contribution in [0.25, 0.3) is 0 Å². The summed E-state index contributed by atoms with van der Waals surface area (Å²) in [7, 11) is 1.39. The molecule has 12 nitrogen and oxygen atoms in total. The molecule has 226 valence electrons. The first-order chi connectivity index (χ1) is 19.2. The Hall–Kier alpha value is -3.13. The number of amides is 1. The van der Waals surface area contributed by atoms with Crippen molar-refractivity contribution in [2.45, 2.75) is 77.8 Å². The zero-order valence-electron chi connectivity index (χ0n) is 23.4. The van der Waals surface area contributed by atoms with Crippen molar-refractivity contribution in [1.29, 1.82) is 0 Å². The molecule has 0 radical (unpaired) electrons. The van der Waals surface area contributed by atoms with Gasteiger partial charge in [-0.1, -0.05) is 44.0 Å². The van der Waals surface area contributed by atoms with E-state index in [1.807, 2.05) is 0 Å². The van der Waals surface area contributed by atoms with E-state index < -0.39 is 59.9 Å². The summed E-state index contributed by atoms with van der Waals surface area (Å²) in [4.78, 5) is 51.7. The summed E-state index contributed by atoms with van der Waals surface area (Å²) in [5, 5.41) is 0.314. The van der Waals surface area contributed by atoms with E-state index in [0.717, 1.165) is 10.8 Å². The van der Waals surface area contributed by atoms with E-state index in [9.17, 15) is 19.2 Å². The van der Waals surface area contributed by atoms with Gasteiger partial charge in [-0.3, -0.25) is 24.4 Å². The number of carbonyl (C=O) groups excluding carboxylic acids is 2. The van der Waals surface area contributed by atoms with E-state index in [1.54, 1.807) is 20.8 Å². The van der Waals surface area contributed by atoms with Crippen LogP contribution in [0.2, 0.25) is 10.0 Å². The molecule has 1 unspecified atom stereocenters. The topological polar surface area (TPSA) is 153 Å². The van der Waals surface area contributed by atoms with Gasteiger partial charge in [-0.15, -0.1) is 0 Å². The van der Waals surface area contributed by atoms with Gasteiger partial charge in [0.05, 0.1) is 23.3 Å². The fourth-order valence-electron chi connectivity index (χ4n) is 4.01. The standard InChI is InChI=1S/C26H33Cl2FN4O8/c1-7-14-10-32(24-19(29)21(12(4)40-24)41-25(36)20(30)11(2)3)26(37)33(23(14)35)31-22(34)13(5)39-18-9-17(38-6)15(27)8-16(18)28/h8-13,19-21,24H,7,30H2,1-6H3,(H,31,34)/t12-,13?,19+,20-,21-,24-/m1/s1. The number of nitrogens with zero attached hydrogens (tertiary/aromatic N) is 2. The number of ether oxygens (including phenoxy) is 4. The second-order valence-corrected chi connectivity index (χ2v) is 10.7. The van der Waals surface area contributed by atoms with Crippen LogP contribution in [-0.2, 0) is 25.5 Å². The second kappa shape index (κ2) is 13.2. The van der Waals surface area contributed by atoms with Gasteiger partial charge in [0, 0.05) is 17.8 Å². The molecule has 0 spiro atoms. The van der Waals surface area contributed by atoms with Crippen LogP contribution in [0.3, 0.4) is 0 Å². The lowest BCUT2D eigenvalue weighted by molar-refractivity contribution is -0.156. The molecule has 1 aromatic carbocycles. The normalized spacial score (nSPS) is 21.8. The molecule has 3 rings (SSSR count). The Bertz CT molecular complexity index is 1420. The minimum atomic E-state index is -1.98. The lowest BCUT2D eigenvalue weighted by Gasteiger charge is -2.22. The predicted molar refractivity (Wildman–Crippen MR) is 149 cm³/mol. The van der Waals surface area contributed by atoms with E-state index in [-0.39, 0.29) is 39.4 Å². The number of benzene rings is 1. The average Bonchev–Trinajstić information content (AvgIpc) is 3.19. The first kappa shape index (κ1) is 32.4. The van der Waals surface area contributed by atoms with Crippen LogP contribution in [0.4, 0.5) is 4.39 Å². The average molecular weight is 619 g/mol. The Morgan fingerprint density at radius 2 is 1.80 bits per heavy atom. The Morgan fingerprint density at radius 1 is 1.17 bits per heavy atom. The minimum absolute atomic E-state index is 0.0639. The summed E-state index contributed by atoms with van der Waals surface area (Å²) in [6.45, 7) is 7.91. The van der Waals surface area contributed by atoms with Crippen molar-refractivity contribution < 1.29 is 32.9 Å². The van der Waals surface area contributed by atoms with Gasteiger partial charge in [-0.2, -0.15) is 4.68 Å². The zero-order valence-corrected chi connectivity index (χ0v) is 24.9. The zero-order chi connectivity index (χ0) is 30.8. The van der Waals surface area contributed by atoms with E-state index >= 15 is 4.39 Å². The van der Waals surface area contributed by atoms with Gasteiger partial charge in [-0.25, -0.2) is 9.18 Å². The molecule has 3 N–H and O–H groups in total. The highest BCUT2D eigenvalue weighted by molar-refractivity contribution is 6.36. The van der Waals surface area contributed by atoms with Crippen LogP contribution < -0.4 is 31.9 Å². The number of aryl methyl sites for hydroxylation is 1. The lowest BCUT2D eigenvalue weighted by atomic mass is 10.1. The van der Waals surface area contributed by atoms with Crippen LogP contribution in [0.1, 0.15) is 46.4 Å². The Labute approximate surface area is 245 Å². The largest absolute Gasteiger partial charge is 0.495 e. The summed E-state index contributed by atoms with van der Waals surface area (Å²) in [6.07, 6.45) is -5.81. The summed E-state index contributed by atoms with van der Waals surface area (Å²) in [5.74, 6) is -1.64. The van der Waals surface area contributed by atoms with Gasteiger partial charge in [0.25, 0.3) is 11.5 Å². The SMILES string of the molecule is CCc1cn([C@@H]2O[C@H](C)[C@@H](OC(=O)[C@H](N)C(C)C)[C@@H]2F)c(=O)n(NC(=O)C(C)Oc2cc(OC)c(Cl)cc2Cl)c1=O. The smallest absolute Gasteiger partial charge is 0.352 e. The number of halogens is 3. The highest BCUT2D eigenvalue weighted by Crippen LogP contribution is 2.36. The third kappa shape index (κ3) is 6.85. The van der Waals surface area contributed by atoms with Gasteiger partial charge in [0.15, 0.2) is 24.6 Å². The van der Waals surface area contributed by atoms with Crippen molar-refractivity contribution in [2.24, 2.45) is 11.7 Å². The van der Waals surface area contributed by atoms with Gasteiger partial charge >= 0.3 is 11.7 Å². The molecule has 0 bridgehead atoms. The highest BCUT2D eigenvalue weighted by Gasteiger charge is 2.47. The molecule has 1 amide bonds. The molecule has 0 aliphatic carbocycles. The van der Waals surface area contributed by atoms with E-state index in [2.05, 4.69) is 5.43 Å². The van der Waals surface area contributed by atoms with E-state index in [4.69, 9.17) is 47.9 Å². The first-order valence-electron chi connectivity index (χ1n) is 12.8. The quantitative estimate of drug-likeness (QED) is 0.382. The lowest BCUT2D eigenvalue weighted by Crippen LogP contribution is -2.51. The number of hydrogen-bond donors (Lipinski definition) is 2. The van der Waals surface area contributed by atoms with Crippen molar-refractivity contribution in [3.05, 3.63) is 54.8 Å². The number of carbonyl (C=O) groups is 2. The number of aromatic nitrogens is 2. The van der Waals surface area contributed by atoms with Gasteiger partial charge < -0.3 is 24.7 Å². The molecule has 1 aliphatic rings. The number of rotatable bonds is 10. The van der Waals surface area contributed by atoms with Crippen molar-refractivity contribution in [1.82, 2.24) is 9.24 Å². The van der Waals surface area contributed by atoms with Crippen LogP contribution in [0.5, 0.6) is 11.5 Å². The van der Waals surface area contributed by atoms with Crippen molar-refractivity contribution in [3.63, 3.8) is 0 Å². The molecule has 2 heterocycles. The maximum absolute atomic E-state index is 15.6. The number of hydrogen-bond acceptors (Lipinski definition) is 9. The van der Waals surface area contributed by atoms with Crippen LogP contribution in [0, 0.1) is 5.92 Å². The van der Waals surface area contributed by atoms with Crippen molar-refractivity contribution in [3.8, 4) is 11.5 Å². The Morgan fingerprint density at radius 3 is 2.39 bits per heavy atom. The van der Waals surface area contributed by atoms with Gasteiger partial charge in [-0.05, 0) is 32.3 Å². The molecule has 1 aliphatic heterocycles. The molecule has 2 aromatic rings. The molecule has 1 aromatic heterocycles. The number of esters is 1. The van der Waals surface area contributed by atoms with Gasteiger partial charge in [0.1, 0.15) is 17.5 Å². The second-order valence-electron chi connectivity index (χ2n) is 9.84. The molecular weight excluding hydrogens is 586 g/mol. The number of nitrogens with one attached hydrogen (secondary N) is 1. The first-order valence-corrected chi connectivity index (χ1v) is 13.6. The minimum Gasteiger partial charge on any atom is -0.495 e. The highest BCUT2D eigenvalue weighted by atomic mass is 35.5. The molecule has 0 saturated carbocycles. The van der Waals surface area contributed by atoms with E-state index in [0.29, 0.717) is 4.68 Å². The predicted octanol–water partition coefficient (Wildman–Crippen LogP) is 2.58. The van der Waals surface area contributed by atoms with Crippen molar-refractivity contribution >= 4 is 35.1 Å². The Kier molecular flexibility index (Phi) is 10.5. The van der Waals surface area contributed by atoms with Crippen molar-refractivity contribution in [2.75, 3.05) is 12.5 Å². The molecule has 6 atom stereocenters. The molecular formula is C26H33Cl2FN4O8. The Balaban J connectivity index is 1.89. The van der Waals surface area contributed by atoms with Crippen LogP contribution in [0.15, 0.2) is 27.9 Å². The summed E-state index contributed by atoms with van der Waals surface area (Å²) < 4.78 is 38.5. The third-order valence-electron chi connectivity index (χ3n) is 6.59. The molecule has 41 heavy (non-hydrogen) atoms. The summed E-state index contributed by atoms with van der Waals surface area (Å²) >= 11 is 12.2.